The molecule has 1 saturated carbocycles. The number of nitrogens with zero attached hydrogens (tertiary/aromatic N) is 1. The predicted molar refractivity (Wildman–Crippen MR) is 63.8 cm³/mol. The summed E-state index contributed by atoms with van der Waals surface area (Å²) in [6.07, 6.45) is 5.04. The first-order valence-electron chi connectivity index (χ1n) is 6.09. The van der Waals surface area contributed by atoms with Gasteiger partial charge in [-0.05, 0) is 12.8 Å². The van der Waals surface area contributed by atoms with E-state index in [4.69, 9.17) is 0 Å². The Hall–Kier alpha value is -1.04. The maximum atomic E-state index is 11.8. The second kappa shape index (κ2) is 3.73. The number of H-pyrrole nitrogens is 1. The van der Waals surface area contributed by atoms with Crippen molar-refractivity contribution in [2.24, 2.45) is 0 Å². The van der Waals surface area contributed by atoms with Crippen LogP contribution in [0.3, 0.4) is 0 Å². The topological polar surface area (TPSA) is 71.9 Å². The van der Waals surface area contributed by atoms with Crippen LogP contribution in [0, 0.1) is 0 Å². The zero-order chi connectivity index (χ0) is 12.0. The average Bonchev–Trinajstić information content (AvgIpc) is 2.86. The fourth-order valence-electron chi connectivity index (χ4n) is 2.96. The van der Waals surface area contributed by atoms with E-state index in [0.29, 0.717) is 18.0 Å². The Morgan fingerprint density at radius 1 is 1.24 bits per heavy atom. The minimum absolute atomic E-state index is 0.0859. The lowest BCUT2D eigenvalue weighted by molar-refractivity contribution is 0.447. The SMILES string of the molecule is O=c1[nH]n(C2CCCC2)c2c1CS(=O)(=O)CC2. The zero-order valence-corrected chi connectivity index (χ0v) is 10.4. The normalized spacial score (nSPS) is 23.8. The Kier molecular flexibility index (Phi) is 2.43. The molecular weight excluding hydrogens is 240 g/mol. The van der Waals surface area contributed by atoms with E-state index < -0.39 is 9.84 Å². The van der Waals surface area contributed by atoms with Gasteiger partial charge in [0.05, 0.1) is 23.1 Å². The number of hydrogen-bond donors (Lipinski definition) is 1. The molecule has 1 N–H and O–H groups in total. The molecule has 2 heterocycles. The van der Waals surface area contributed by atoms with Crippen molar-refractivity contribution in [1.29, 1.82) is 0 Å². The number of sulfone groups is 1. The summed E-state index contributed by atoms with van der Waals surface area (Å²) in [5.41, 5.74) is 1.19. The second-order valence-electron chi connectivity index (χ2n) is 5.02. The van der Waals surface area contributed by atoms with E-state index in [9.17, 15) is 13.2 Å². The van der Waals surface area contributed by atoms with E-state index in [2.05, 4.69) is 5.10 Å². The van der Waals surface area contributed by atoms with Crippen molar-refractivity contribution in [1.82, 2.24) is 9.78 Å². The molecule has 0 aromatic carbocycles. The summed E-state index contributed by atoms with van der Waals surface area (Å²) in [6.45, 7) is 0. The summed E-state index contributed by atoms with van der Waals surface area (Å²) in [5, 5.41) is 2.83. The maximum absolute atomic E-state index is 11.8. The third-order valence-electron chi connectivity index (χ3n) is 3.84. The van der Waals surface area contributed by atoms with Crippen molar-refractivity contribution in [2.45, 2.75) is 43.9 Å². The van der Waals surface area contributed by atoms with Crippen LogP contribution in [0.5, 0.6) is 0 Å². The number of hydrogen-bond acceptors (Lipinski definition) is 3. The predicted octanol–water partition coefficient (Wildman–Crippen LogP) is 0.762. The first-order valence-corrected chi connectivity index (χ1v) is 7.92. The van der Waals surface area contributed by atoms with E-state index in [0.717, 1.165) is 18.5 Å². The first kappa shape index (κ1) is 11.1. The largest absolute Gasteiger partial charge is 0.286 e. The third-order valence-corrected chi connectivity index (χ3v) is 5.39. The Labute approximate surface area is 99.7 Å². The van der Waals surface area contributed by atoms with E-state index in [1.54, 1.807) is 0 Å². The quantitative estimate of drug-likeness (QED) is 0.806. The molecule has 1 aliphatic carbocycles. The van der Waals surface area contributed by atoms with Gasteiger partial charge in [0.1, 0.15) is 0 Å². The lowest BCUT2D eigenvalue weighted by atomic mass is 10.2. The van der Waals surface area contributed by atoms with Crippen LogP contribution in [-0.2, 0) is 22.0 Å². The van der Waals surface area contributed by atoms with Crippen LogP contribution in [0.25, 0.3) is 0 Å². The van der Waals surface area contributed by atoms with E-state index in [1.807, 2.05) is 4.68 Å². The van der Waals surface area contributed by atoms with Crippen molar-refractivity contribution >= 4 is 9.84 Å². The van der Waals surface area contributed by atoms with Crippen LogP contribution >= 0.6 is 0 Å². The molecule has 94 valence electrons. The van der Waals surface area contributed by atoms with Crippen LogP contribution in [0.4, 0.5) is 0 Å². The lowest BCUT2D eigenvalue weighted by Gasteiger charge is -2.18. The fraction of sp³-hybridized carbons (Fsp3) is 0.727. The van der Waals surface area contributed by atoms with Gasteiger partial charge < -0.3 is 0 Å². The summed E-state index contributed by atoms with van der Waals surface area (Å²) in [6, 6.07) is 0.368. The lowest BCUT2D eigenvalue weighted by Crippen LogP contribution is -2.23. The fourth-order valence-corrected chi connectivity index (χ4v) is 4.35. The number of nitrogens with one attached hydrogen (secondary N) is 1. The maximum Gasteiger partial charge on any atom is 0.268 e. The van der Waals surface area contributed by atoms with Crippen molar-refractivity contribution < 1.29 is 8.42 Å². The molecule has 17 heavy (non-hydrogen) atoms. The van der Waals surface area contributed by atoms with Gasteiger partial charge in [0.2, 0.25) is 0 Å². The molecule has 0 bridgehead atoms. The molecule has 0 spiro atoms. The molecule has 3 rings (SSSR count). The van der Waals surface area contributed by atoms with Gasteiger partial charge in [-0.3, -0.25) is 14.6 Å². The van der Waals surface area contributed by atoms with Gasteiger partial charge in [0.25, 0.3) is 5.56 Å². The van der Waals surface area contributed by atoms with Crippen molar-refractivity contribution in [3.05, 3.63) is 21.6 Å². The Morgan fingerprint density at radius 3 is 2.65 bits per heavy atom. The summed E-state index contributed by atoms with van der Waals surface area (Å²) in [7, 11) is -3.06. The van der Waals surface area contributed by atoms with Crippen LogP contribution < -0.4 is 5.56 Å². The van der Waals surface area contributed by atoms with Crippen molar-refractivity contribution in [3.8, 4) is 0 Å². The molecule has 5 nitrogen and oxygen atoms in total. The molecule has 0 radical (unpaired) electrons. The van der Waals surface area contributed by atoms with E-state index >= 15 is 0 Å². The summed E-state index contributed by atoms with van der Waals surface area (Å²) in [4.78, 5) is 11.8. The van der Waals surface area contributed by atoms with Gasteiger partial charge in [-0.2, -0.15) is 0 Å². The van der Waals surface area contributed by atoms with Crippen LogP contribution in [0.2, 0.25) is 0 Å². The first-order chi connectivity index (χ1) is 8.07. The molecule has 1 fully saturated rings. The van der Waals surface area contributed by atoms with Crippen molar-refractivity contribution in [2.75, 3.05) is 5.75 Å². The van der Waals surface area contributed by atoms with Gasteiger partial charge in [0.15, 0.2) is 9.84 Å². The van der Waals surface area contributed by atoms with Crippen LogP contribution in [0.1, 0.15) is 43.0 Å². The Morgan fingerprint density at radius 2 is 1.94 bits per heavy atom. The van der Waals surface area contributed by atoms with E-state index in [1.165, 1.54) is 12.8 Å². The highest BCUT2D eigenvalue weighted by Crippen LogP contribution is 2.31. The number of aromatic nitrogens is 2. The van der Waals surface area contributed by atoms with Gasteiger partial charge in [-0.15, -0.1) is 0 Å². The molecule has 0 saturated heterocycles. The van der Waals surface area contributed by atoms with Gasteiger partial charge in [-0.1, -0.05) is 12.8 Å². The van der Waals surface area contributed by atoms with Crippen LogP contribution in [0.15, 0.2) is 4.79 Å². The van der Waals surface area contributed by atoms with Gasteiger partial charge in [0, 0.05) is 12.1 Å². The Balaban J connectivity index is 2.06. The summed E-state index contributed by atoms with van der Waals surface area (Å²) >= 11 is 0. The molecule has 1 aromatic heterocycles. The zero-order valence-electron chi connectivity index (χ0n) is 9.61. The molecule has 1 aromatic rings. The number of fused-ring (bicyclic) bond motifs is 1. The molecule has 6 heteroatoms. The Bertz CT molecular complexity index is 591. The summed E-state index contributed by atoms with van der Waals surface area (Å²) < 4.78 is 25.0. The second-order valence-corrected chi connectivity index (χ2v) is 7.20. The number of rotatable bonds is 1. The monoisotopic (exact) mass is 256 g/mol. The smallest absolute Gasteiger partial charge is 0.268 e. The summed E-state index contributed by atoms with van der Waals surface area (Å²) in [5.74, 6) is 0.0847. The highest BCUT2D eigenvalue weighted by Gasteiger charge is 2.30. The average molecular weight is 256 g/mol. The van der Waals surface area contributed by atoms with Gasteiger partial charge in [-0.25, -0.2) is 8.42 Å². The number of aromatic amines is 1. The van der Waals surface area contributed by atoms with E-state index in [-0.39, 0.29) is 17.1 Å². The molecule has 1 aliphatic heterocycles. The third kappa shape index (κ3) is 1.84. The molecular formula is C11H16N2O3S. The van der Waals surface area contributed by atoms with Gasteiger partial charge >= 0.3 is 0 Å². The standard InChI is InChI=1S/C11H16N2O3S/c14-11-9-7-17(15,16)6-5-10(9)13(12-11)8-3-1-2-4-8/h8H,1-7H2,(H,12,14). The molecule has 0 atom stereocenters. The minimum Gasteiger partial charge on any atom is -0.286 e. The molecule has 0 amide bonds. The van der Waals surface area contributed by atoms with Crippen LogP contribution in [-0.4, -0.2) is 24.0 Å². The van der Waals surface area contributed by atoms with Crippen molar-refractivity contribution in [3.63, 3.8) is 0 Å². The highest BCUT2D eigenvalue weighted by atomic mass is 32.2. The minimum atomic E-state index is -3.06. The molecule has 2 aliphatic rings. The molecule has 0 unspecified atom stereocenters. The highest BCUT2D eigenvalue weighted by molar-refractivity contribution is 7.90.